The van der Waals surface area contributed by atoms with E-state index in [4.69, 9.17) is 6.42 Å². The molecule has 4 rings (SSSR count). The maximum absolute atomic E-state index is 11.0. The highest BCUT2D eigenvalue weighted by molar-refractivity contribution is 5.28. The van der Waals surface area contributed by atoms with E-state index in [0.717, 1.165) is 31.1 Å². The van der Waals surface area contributed by atoms with Gasteiger partial charge in [0.2, 0.25) is 0 Å². The molecule has 0 heterocycles. The van der Waals surface area contributed by atoms with Crippen molar-refractivity contribution in [3.05, 3.63) is 11.6 Å². The van der Waals surface area contributed by atoms with Gasteiger partial charge in [0.25, 0.3) is 0 Å². The fourth-order valence-corrected chi connectivity index (χ4v) is 6.95. The second-order valence-corrected chi connectivity index (χ2v) is 8.97. The van der Waals surface area contributed by atoms with Crippen molar-refractivity contribution in [2.75, 3.05) is 0 Å². The molecule has 0 saturated heterocycles. The van der Waals surface area contributed by atoms with Crippen molar-refractivity contribution in [3.63, 3.8) is 0 Å². The van der Waals surface area contributed by atoms with Gasteiger partial charge >= 0.3 is 0 Å². The van der Waals surface area contributed by atoms with Crippen molar-refractivity contribution >= 4 is 0 Å². The van der Waals surface area contributed by atoms with Gasteiger partial charge in [-0.1, -0.05) is 37.8 Å². The lowest BCUT2D eigenvalue weighted by molar-refractivity contribution is -0.0941. The minimum absolute atomic E-state index is 0.0563. The van der Waals surface area contributed by atoms with E-state index in [0.29, 0.717) is 11.3 Å². The van der Waals surface area contributed by atoms with E-state index < -0.39 is 5.60 Å². The zero-order valence-electron chi connectivity index (χ0n) is 14.2. The standard InChI is InChI=1S/C21H30O/c1-4-21(22)14-11-18-16-9-8-15-7-5-6-12-19(15,2)17(16)10-13-20(18,21)3/h1,8,16-18,22H,5-7,9-14H2,2-3H3/t16-,17+,18+,19+,20+,21+/m1/s1. The summed E-state index contributed by atoms with van der Waals surface area (Å²) >= 11 is 0. The zero-order chi connectivity index (χ0) is 15.6. The molecule has 4 aliphatic rings. The van der Waals surface area contributed by atoms with Crippen LogP contribution in [-0.4, -0.2) is 10.7 Å². The van der Waals surface area contributed by atoms with E-state index in [2.05, 4.69) is 25.8 Å². The van der Waals surface area contributed by atoms with Crippen molar-refractivity contribution in [1.29, 1.82) is 0 Å². The molecular weight excluding hydrogens is 268 g/mol. The van der Waals surface area contributed by atoms with Crippen molar-refractivity contribution in [1.82, 2.24) is 0 Å². The minimum atomic E-state index is -0.861. The largest absolute Gasteiger partial charge is 0.377 e. The van der Waals surface area contributed by atoms with Gasteiger partial charge in [0.05, 0.1) is 0 Å². The second kappa shape index (κ2) is 4.64. The van der Waals surface area contributed by atoms with Gasteiger partial charge in [-0.15, -0.1) is 6.42 Å². The molecule has 120 valence electrons. The molecule has 3 fully saturated rings. The molecule has 6 atom stereocenters. The molecule has 0 spiro atoms. The van der Waals surface area contributed by atoms with E-state index in [1.807, 2.05) is 0 Å². The lowest BCUT2D eigenvalue weighted by Crippen LogP contribution is -2.53. The van der Waals surface area contributed by atoms with Gasteiger partial charge in [-0.3, -0.25) is 0 Å². The molecule has 0 aliphatic heterocycles. The minimum Gasteiger partial charge on any atom is -0.377 e. The van der Waals surface area contributed by atoms with Gasteiger partial charge in [-0.25, -0.2) is 0 Å². The van der Waals surface area contributed by atoms with Gasteiger partial charge < -0.3 is 5.11 Å². The molecular formula is C21H30O. The first kappa shape index (κ1) is 14.8. The van der Waals surface area contributed by atoms with E-state index in [1.165, 1.54) is 38.5 Å². The first-order valence-corrected chi connectivity index (χ1v) is 9.34. The second-order valence-electron chi connectivity index (χ2n) is 8.97. The number of fused-ring (bicyclic) bond motifs is 5. The fourth-order valence-electron chi connectivity index (χ4n) is 6.95. The summed E-state index contributed by atoms with van der Waals surface area (Å²) in [7, 11) is 0. The average Bonchev–Trinajstić information content (AvgIpc) is 2.79. The molecule has 1 N–H and O–H groups in total. The Labute approximate surface area is 135 Å². The number of allylic oxidation sites excluding steroid dienone is 2. The molecule has 0 bridgehead atoms. The van der Waals surface area contributed by atoms with E-state index >= 15 is 0 Å². The lowest BCUT2D eigenvalue weighted by Gasteiger charge is -2.58. The van der Waals surface area contributed by atoms with Crippen LogP contribution in [0.25, 0.3) is 0 Å². The third-order valence-corrected chi connectivity index (χ3v) is 8.41. The fraction of sp³-hybridized carbons (Fsp3) is 0.810. The molecule has 22 heavy (non-hydrogen) atoms. The highest BCUT2D eigenvalue weighted by atomic mass is 16.3. The Morgan fingerprint density at radius 1 is 1.14 bits per heavy atom. The van der Waals surface area contributed by atoms with Gasteiger partial charge in [-0.05, 0) is 74.5 Å². The van der Waals surface area contributed by atoms with Crippen LogP contribution in [0.4, 0.5) is 0 Å². The summed E-state index contributed by atoms with van der Waals surface area (Å²) in [6, 6.07) is 0. The zero-order valence-corrected chi connectivity index (χ0v) is 14.2. The molecule has 0 aromatic carbocycles. The summed E-state index contributed by atoms with van der Waals surface area (Å²) in [5, 5.41) is 11.0. The number of terminal acetylenes is 1. The quantitative estimate of drug-likeness (QED) is 0.507. The van der Waals surface area contributed by atoms with Gasteiger partial charge in [0.1, 0.15) is 5.60 Å². The molecule has 0 unspecified atom stereocenters. The molecule has 0 amide bonds. The first-order chi connectivity index (χ1) is 10.4. The van der Waals surface area contributed by atoms with Gasteiger partial charge in [0, 0.05) is 5.41 Å². The maximum atomic E-state index is 11.0. The van der Waals surface area contributed by atoms with Crippen LogP contribution in [0, 0.1) is 40.9 Å². The van der Waals surface area contributed by atoms with Gasteiger partial charge in [0.15, 0.2) is 0 Å². The van der Waals surface area contributed by atoms with Crippen LogP contribution in [0.2, 0.25) is 0 Å². The molecule has 1 nitrogen and oxygen atoms in total. The molecule has 3 saturated carbocycles. The third kappa shape index (κ3) is 1.66. The summed E-state index contributed by atoms with van der Waals surface area (Å²) in [5.41, 5.74) is 1.28. The predicted molar refractivity (Wildman–Crippen MR) is 90.1 cm³/mol. The van der Waals surface area contributed by atoms with Crippen LogP contribution in [0.1, 0.15) is 71.6 Å². The summed E-state index contributed by atoms with van der Waals surface area (Å²) in [6.07, 6.45) is 19.4. The van der Waals surface area contributed by atoms with Crippen molar-refractivity contribution < 1.29 is 5.11 Å². The smallest absolute Gasteiger partial charge is 0.130 e. The Balaban J connectivity index is 1.71. The molecule has 0 aromatic heterocycles. The van der Waals surface area contributed by atoms with Crippen LogP contribution < -0.4 is 0 Å². The van der Waals surface area contributed by atoms with Crippen molar-refractivity contribution in [2.45, 2.75) is 77.2 Å². The average molecular weight is 298 g/mol. The van der Waals surface area contributed by atoms with E-state index in [-0.39, 0.29) is 5.41 Å². The Hall–Kier alpha value is -0.740. The van der Waals surface area contributed by atoms with Crippen LogP contribution in [-0.2, 0) is 0 Å². The lowest BCUT2D eigenvalue weighted by atomic mass is 9.47. The highest BCUT2D eigenvalue weighted by Crippen LogP contribution is 2.66. The number of aliphatic hydroxyl groups is 1. The summed E-state index contributed by atoms with van der Waals surface area (Å²) in [5.74, 6) is 4.96. The van der Waals surface area contributed by atoms with Crippen molar-refractivity contribution in [3.8, 4) is 12.3 Å². The van der Waals surface area contributed by atoms with Gasteiger partial charge in [-0.2, -0.15) is 0 Å². The maximum Gasteiger partial charge on any atom is 0.130 e. The molecule has 1 heteroatoms. The van der Waals surface area contributed by atoms with Crippen LogP contribution in [0.5, 0.6) is 0 Å². The number of rotatable bonds is 0. The molecule has 4 aliphatic carbocycles. The Kier molecular flexibility index (Phi) is 3.12. The topological polar surface area (TPSA) is 20.2 Å². The van der Waals surface area contributed by atoms with Crippen molar-refractivity contribution in [2.24, 2.45) is 28.6 Å². The number of hydrogen-bond acceptors (Lipinski definition) is 1. The summed E-state index contributed by atoms with van der Waals surface area (Å²) in [6.45, 7) is 4.82. The van der Waals surface area contributed by atoms with Crippen LogP contribution in [0.15, 0.2) is 11.6 Å². The monoisotopic (exact) mass is 298 g/mol. The van der Waals surface area contributed by atoms with E-state index in [9.17, 15) is 5.11 Å². The SMILES string of the molecule is C#C[C@]1(O)CC[C@H]2[C@@H]3CC=C4CCCC[C@]4(C)[C@H]3CC[C@@]21C. The third-order valence-electron chi connectivity index (χ3n) is 8.41. The first-order valence-electron chi connectivity index (χ1n) is 9.34. The predicted octanol–water partition coefficient (Wildman–Crippen LogP) is 4.70. The van der Waals surface area contributed by atoms with E-state index in [1.54, 1.807) is 5.57 Å². The summed E-state index contributed by atoms with van der Waals surface area (Å²) < 4.78 is 0. The van der Waals surface area contributed by atoms with Crippen LogP contribution >= 0.6 is 0 Å². The highest BCUT2D eigenvalue weighted by Gasteiger charge is 2.63. The molecule has 0 radical (unpaired) electrons. The summed E-state index contributed by atoms with van der Waals surface area (Å²) in [4.78, 5) is 0. The Morgan fingerprint density at radius 2 is 1.91 bits per heavy atom. The molecule has 0 aromatic rings. The number of hydrogen-bond donors (Lipinski definition) is 1. The Morgan fingerprint density at radius 3 is 2.68 bits per heavy atom. The Bertz CT molecular complexity index is 555. The normalized spacial score (nSPS) is 53.7. The van der Waals surface area contributed by atoms with Crippen LogP contribution in [0.3, 0.4) is 0 Å².